The van der Waals surface area contributed by atoms with Gasteiger partial charge in [-0.1, -0.05) is 6.92 Å². The molecule has 0 aliphatic rings. The van der Waals surface area contributed by atoms with Gasteiger partial charge in [0.2, 0.25) is 10.0 Å². The summed E-state index contributed by atoms with van der Waals surface area (Å²) in [6, 6.07) is 3.21. The Kier molecular flexibility index (Phi) is 6.11. The first-order valence-corrected chi connectivity index (χ1v) is 8.55. The van der Waals surface area contributed by atoms with E-state index in [0.717, 1.165) is 17.9 Å². The molecule has 0 radical (unpaired) electrons. The van der Waals surface area contributed by atoms with E-state index in [1.165, 1.54) is 10.5 Å². The Morgan fingerprint density at radius 3 is 2.78 bits per heavy atom. The number of pyridine rings is 1. The van der Waals surface area contributed by atoms with Gasteiger partial charge < -0.3 is 0 Å². The van der Waals surface area contributed by atoms with Crippen molar-refractivity contribution >= 4 is 21.8 Å². The first-order valence-electron chi connectivity index (χ1n) is 5.96. The summed E-state index contributed by atoms with van der Waals surface area (Å²) in [5.74, 6) is 2.04. The van der Waals surface area contributed by atoms with Gasteiger partial charge in [0.25, 0.3) is 0 Å². The van der Waals surface area contributed by atoms with E-state index in [1.54, 1.807) is 25.4 Å². The third-order valence-electron chi connectivity index (χ3n) is 2.82. The fourth-order valence-corrected chi connectivity index (χ4v) is 3.64. The van der Waals surface area contributed by atoms with E-state index in [4.69, 9.17) is 0 Å². The number of hydrogen-bond acceptors (Lipinski definition) is 4. The molecule has 0 saturated heterocycles. The Morgan fingerprint density at radius 2 is 2.22 bits per heavy atom. The number of rotatable bonds is 7. The molecular formula is C12H20N2O2S2. The van der Waals surface area contributed by atoms with Gasteiger partial charge in [-0.15, -0.1) is 0 Å². The zero-order valence-corrected chi connectivity index (χ0v) is 12.7. The second-order valence-electron chi connectivity index (χ2n) is 4.04. The van der Waals surface area contributed by atoms with Crippen molar-refractivity contribution in [1.29, 1.82) is 0 Å². The SMILES string of the molecule is CCSCC[C@@H](C)N(C)S(=O)(=O)c1cccnc1. The van der Waals surface area contributed by atoms with Crippen molar-refractivity contribution in [3.8, 4) is 0 Å². The molecule has 1 rings (SSSR count). The van der Waals surface area contributed by atoms with E-state index >= 15 is 0 Å². The summed E-state index contributed by atoms with van der Waals surface area (Å²) in [6.45, 7) is 4.04. The van der Waals surface area contributed by atoms with Crippen LogP contribution in [0.1, 0.15) is 20.3 Å². The van der Waals surface area contributed by atoms with Crippen molar-refractivity contribution in [3.63, 3.8) is 0 Å². The van der Waals surface area contributed by atoms with Gasteiger partial charge in [0.1, 0.15) is 4.90 Å². The molecule has 0 bridgehead atoms. The largest absolute Gasteiger partial charge is 0.263 e. The van der Waals surface area contributed by atoms with Crippen LogP contribution in [0.25, 0.3) is 0 Å². The van der Waals surface area contributed by atoms with Crippen LogP contribution in [0.5, 0.6) is 0 Å². The smallest absolute Gasteiger partial charge is 0.244 e. The molecule has 1 heterocycles. The first kappa shape index (κ1) is 15.5. The summed E-state index contributed by atoms with van der Waals surface area (Å²) < 4.78 is 26.0. The third-order valence-corrected chi connectivity index (χ3v) is 5.70. The maximum atomic E-state index is 12.3. The highest BCUT2D eigenvalue weighted by atomic mass is 32.2. The lowest BCUT2D eigenvalue weighted by atomic mass is 10.3. The maximum Gasteiger partial charge on any atom is 0.244 e. The molecule has 1 aromatic rings. The van der Waals surface area contributed by atoms with Gasteiger partial charge in [-0.2, -0.15) is 16.1 Å². The second kappa shape index (κ2) is 7.11. The minimum absolute atomic E-state index is 0.00532. The first-order chi connectivity index (χ1) is 8.50. The molecule has 0 fully saturated rings. The number of aromatic nitrogens is 1. The van der Waals surface area contributed by atoms with Crippen LogP contribution in [-0.2, 0) is 10.0 Å². The van der Waals surface area contributed by atoms with E-state index in [0.29, 0.717) is 0 Å². The lowest BCUT2D eigenvalue weighted by Gasteiger charge is -2.24. The topological polar surface area (TPSA) is 50.3 Å². The summed E-state index contributed by atoms with van der Waals surface area (Å²) in [7, 11) is -1.79. The minimum atomic E-state index is -3.41. The predicted molar refractivity (Wildman–Crippen MR) is 76.3 cm³/mol. The normalized spacial score (nSPS) is 13.8. The van der Waals surface area contributed by atoms with Crippen molar-refractivity contribution in [2.75, 3.05) is 18.6 Å². The van der Waals surface area contributed by atoms with Crippen molar-refractivity contribution in [2.45, 2.75) is 31.2 Å². The highest BCUT2D eigenvalue weighted by molar-refractivity contribution is 7.99. The molecule has 6 heteroatoms. The van der Waals surface area contributed by atoms with Gasteiger partial charge in [-0.25, -0.2) is 8.42 Å². The Bertz CT molecular complexity index is 448. The monoisotopic (exact) mass is 288 g/mol. The summed E-state index contributed by atoms with van der Waals surface area (Å²) in [6.07, 6.45) is 3.81. The van der Waals surface area contributed by atoms with Crippen molar-refractivity contribution in [2.24, 2.45) is 0 Å². The Balaban J connectivity index is 2.73. The number of nitrogens with zero attached hydrogens (tertiary/aromatic N) is 2. The molecule has 0 unspecified atom stereocenters. The quantitative estimate of drug-likeness (QED) is 0.722. The zero-order chi connectivity index (χ0) is 13.6. The molecule has 1 aromatic heterocycles. The average Bonchev–Trinajstić information content (AvgIpc) is 2.39. The lowest BCUT2D eigenvalue weighted by Crippen LogP contribution is -2.35. The molecule has 0 aliphatic heterocycles. The van der Waals surface area contributed by atoms with Crippen LogP contribution in [0.3, 0.4) is 0 Å². The van der Waals surface area contributed by atoms with Crippen LogP contribution in [0.4, 0.5) is 0 Å². The highest BCUT2D eigenvalue weighted by Gasteiger charge is 2.24. The average molecular weight is 288 g/mol. The Morgan fingerprint density at radius 1 is 1.50 bits per heavy atom. The summed E-state index contributed by atoms with van der Waals surface area (Å²) in [5.41, 5.74) is 0. The lowest BCUT2D eigenvalue weighted by molar-refractivity contribution is 0.382. The van der Waals surface area contributed by atoms with Crippen LogP contribution < -0.4 is 0 Å². The van der Waals surface area contributed by atoms with Crippen molar-refractivity contribution < 1.29 is 8.42 Å². The molecule has 0 spiro atoms. The molecule has 4 nitrogen and oxygen atoms in total. The molecule has 102 valence electrons. The fourth-order valence-electron chi connectivity index (χ4n) is 1.48. The molecule has 0 N–H and O–H groups in total. The Labute approximate surface area is 114 Å². The van der Waals surface area contributed by atoms with Gasteiger partial charge in [-0.05, 0) is 37.0 Å². The van der Waals surface area contributed by atoms with E-state index in [1.807, 2.05) is 18.7 Å². The highest BCUT2D eigenvalue weighted by Crippen LogP contribution is 2.17. The Hall–Kier alpha value is -0.590. The standard InChI is InChI=1S/C12H20N2O2S2/c1-4-17-9-7-11(2)14(3)18(15,16)12-6-5-8-13-10-12/h5-6,8,10-11H,4,7,9H2,1-3H3/t11-/m1/s1. The van der Waals surface area contributed by atoms with Gasteiger partial charge in [-0.3, -0.25) is 4.98 Å². The number of sulfonamides is 1. The molecule has 0 amide bonds. The molecular weight excluding hydrogens is 268 g/mol. The van der Waals surface area contributed by atoms with E-state index in [2.05, 4.69) is 11.9 Å². The fraction of sp³-hybridized carbons (Fsp3) is 0.583. The summed E-state index contributed by atoms with van der Waals surface area (Å²) in [5, 5.41) is 0. The molecule has 0 aromatic carbocycles. The van der Waals surface area contributed by atoms with Crippen LogP contribution >= 0.6 is 11.8 Å². The summed E-state index contributed by atoms with van der Waals surface area (Å²) in [4.78, 5) is 4.11. The van der Waals surface area contributed by atoms with Crippen LogP contribution in [0, 0.1) is 0 Å². The maximum absolute atomic E-state index is 12.3. The van der Waals surface area contributed by atoms with Crippen LogP contribution in [0.2, 0.25) is 0 Å². The van der Waals surface area contributed by atoms with Gasteiger partial charge in [0.05, 0.1) is 0 Å². The molecule has 18 heavy (non-hydrogen) atoms. The molecule has 0 aliphatic carbocycles. The van der Waals surface area contributed by atoms with Crippen LogP contribution in [0.15, 0.2) is 29.4 Å². The van der Waals surface area contributed by atoms with Crippen molar-refractivity contribution in [1.82, 2.24) is 9.29 Å². The van der Waals surface area contributed by atoms with Crippen molar-refractivity contribution in [3.05, 3.63) is 24.5 Å². The molecule has 1 atom stereocenters. The van der Waals surface area contributed by atoms with E-state index in [9.17, 15) is 8.42 Å². The summed E-state index contributed by atoms with van der Waals surface area (Å²) >= 11 is 1.83. The van der Waals surface area contributed by atoms with Gasteiger partial charge in [0.15, 0.2) is 0 Å². The van der Waals surface area contributed by atoms with Crippen LogP contribution in [-0.4, -0.2) is 42.3 Å². The molecule has 0 saturated carbocycles. The number of hydrogen-bond donors (Lipinski definition) is 0. The van der Waals surface area contributed by atoms with Gasteiger partial charge >= 0.3 is 0 Å². The number of thioether (sulfide) groups is 1. The second-order valence-corrected chi connectivity index (χ2v) is 7.44. The van der Waals surface area contributed by atoms with E-state index in [-0.39, 0.29) is 10.9 Å². The van der Waals surface area contributed by atoms with E-state index < -0.39 is 10.0 Å². The third kappa shape index (κ3) is 3.96. The zero-order valence-electron chi connectivity index (χ0n) is 11.0. The predicted octanol–water partition coefficient (Wildman–Crippen LogP) is 2.23. The minimum Gasteiger partial charge on any atom is -0.263 e. The van der Waals surface area contributed by atoms with Gasteiger partial charge in [0, 0.05) is 25.5 Å².